The van der Waals surface area contributed by atoms with Crippen LogP contribution < -0.4 is 10.6 Å². The summed E-state index contributed by atoms with van der Waals surface area (Å²) in [5, 5.41) is 14.2. The first-order chi connectivity index (χ1) is 19.9. The second-order valence-electron chi connectivity index (χ2n) is 11.2. The molecule has 0 spiro atoms. The number of esters is 1. The van der Waals surface area contributed by atoms with Gasteiger partial charge in [0.2, 0.25) is 0 Å². The summed E-state index contributed by atoms with van der Waals surface area (Å²) >= 11 is 6.45. The van der Waals surface area contributed by atoms with Gasteiger partial charge in [-0.15, -0.1) is 0 Å². The highest BCUT2D eigenvalue weighted by molar-refractivity contribution is 6.35. The van der Waals surface area contributed by atoms with E-state index in [1.54, 1.807) is 17.2 Å². The topological polar surface area (TPSA) is 120 Å². The smallest absolute Gasteiger partial charge is 0.329 e. The number of hydrogen-bond donors (Lipinski definition) is 3. The van der Waals surface area contributed by atoms with Crippen molar-refractivity contribution in [3.63, 3.8) is 0 Å². The molecular formula is C30H35ClN6O4. The Kier molecular flexibility index (Phi) is 8.00. The van der Waals surface area contributed by atoms with Gasteiger partial charge in [0.15, 0.2) is 0 Å². The fraction of sp³-hybridized carbons (Fsp3) is 0.467. The van der Waals surface area contributed by atoms with Crippen LogP contribution in [0.4, 0.5) is 15.3 Å². The molecule has 1 aromatic heterocycles. The van der Waals surface area contributed by atoms with Gasteiger partial charge in [-0.1, -0.05) is 36.2 Å². The third-order valence-electron chi connectivity index (χ3n) is 8.47. The van der Waals surface area contributed by atoms with Crippen molar-refractivity contribution in [2.24, 2.45) is 0 Å². The average molecular weight is 579 g/mol. The summed E-state index contributed by atoms with van der Waals surface area (Å²) in [4.78, 5) is 43.1. The molecule has 2 aliphatic heterocycles. The SMILES string of the molecule is O=C(OC1CCCCC1)C(Cc1cc(Cl)c2[nH]ncc2c1)NC(=O)N1CCC(N2Cc3ccccc3NC2=O)CC1. The number of ether oxygens (including phenoxy) is 1. The van der Waals surface area contributed by atoms with Gasteiger partial charge in [0.25, 0.3) is 0 Å². The fourth-order valence-corrected chi connectivity index (χ4v) is 6.48. The van der Waals surface area contributed by atoms with Gasteiger partial charge in [0.1, 0.15) is 12.1 Å². The van der Waals surface area contributed by atoms with E-state index in [4.69, 9.17) is 16.3 Å². The minimum Gasteiger partial charge on any atom is -0.461 e. The lowest BCUT2D eigenvalue weighted by Gasteiger charge is -2.40. The van der Waals surface area contributed by atoms with Crippen LogP contribution in [0.3, 0.4) is 0 Å². The van der Waals surface area contributed by atoms with E-state index >= 15 is 0 Å². The van der Waals surface area contributed by atoms with Crippen molar-refractivity contribution in [3.8, 4) is 0 Å². The number of likely N-dealkylation sites (tertiary alicyclic amines) is 1. The van der Waals surface area contributed by atoms with Gasteiger partial charge in [-0.25, -0.2) is 14.4 Å². The molecule has 3 aromatic rings. The summed E-state index contributed by atoms with van der Waals surface area (Å²) < 4.78 is 5.88. The molecule has 216 valence electrons. The van der Waals surface area contributed by atoms with Crippen molar-refractivity contribution in [1.29, 1.82) is 0 Å². The molecule has 2 fully saturated rings. The molecule has 3 aliphatic rings. The highest BCUT2D eigenvalue weighted by Crippen LogP contribution is 2.28. The molecule has 1 saturated heterocycles. The van der Waals surface area contributed by atoms with Crippen LogP contribution in [0.5, 0.6) is 0 Å². The molecule has 1 saturated carbocycles. The Morgan fingerprint density at radius 1 is 1.10 bits per heavy atom. The number of urea groups is 2. The van der Waals surface area contributed by atoms with E-state index in [1.165, 1.54) is 0 Å². The van der Waals surface area contributed by atoms with Crippen LogP contribution in [0, 0.1) is 0 Å². The maximum absolute atomic E-state index is 13.4. The minimum absolute atomic E-state index is 0.0308. The molecule has 0 radical (unpaired) electrons. The van der Waals surface area contributed by atoms with E-state index in [1.807, 2.05) is 35.2 Å². The predicted molar refractivity (Wildman–Crippen MR) is 156 cm³/mol. The number of piperidine rings is 1. The summed E-state index contributed by atoms with van der Waals surface area (Å²) in [5.74, 6) is -0.424. The van der Waals surface area contributed by atoms with Crippen molar-refractivity contribution in [1.82, 2.24) is 25.3 Å². The van der Waals surface area contributed by atoms with E-state index in [2.05, 4.69) is 20.8 Å². The van der Waals surface area contributed by atoms with E-state index in [0.29, 0.717) is 37.5 Å². The van der Waals surface area contributed by atoms with Crippen molar-refractivity contribution < 1.29 is 19.1 Å². The zero-order chi connectivity index (χ0) is 28.3. The fourth-order valence-electron chi connectivity index (χ4n) is 6.19. The molecule has 3 heterocycles. The zero-order valence-corrected chi connectivity index (χ0v) is 23.7. The molecule has 0 bridgehead atoms. The standard InChI is InChI=1S/C30H35ClN6O4/c31-24-15-19(14-21-17-32-35-27(21)24)16-26(28(38)41-23-7-2-1-3-8-23)34-29(39)36-12-10-22(11-13-36)37-18-20-6-4-5-9-25(20)33-30(37)40/h4-6,9,14-15,17,22-23,26H,1-3,7-8,10-13,16,18H2,(H,32,35)(H,33,40)(H,34,39). The number of anilines is 1. The predicted octanol–water partition coefficient (Wildman–Crippen LogP) is 5.23. The minimum atomic E-state index is -0.855. The highest BCUT2D eigenvalue weighted by atomic mass is 35.5. The van der Waals surface area contributed by atoms with Gasteiger partial charge in [-0.3, -0.25) is 5.10 Å². The number of carbonyl (C=O) groups is 3. The van der Waals surface area contributed by atoms with Gasteiger partial charge in [0, 0.05) is 43.2 Å². The molecule has 41 heavy (non-hydrogen) atoms. The Morgan fingerprint density at radius 2 is 1.88 bits per heavy atom. The first-order valence-electron chi connectivity index (χ1n) is 14.5. The molecule has 4 amide bonds. The summed E-state index contributed by atoms with van der Waals surface area (Å²) in [6, 6.07) is 10.3. The van der Waals surface area contributed by atoms with Crippen LogP contribution in [-0.2, 0) is 22.5 Å². The number of para-hydroxylation sites is 1. The highest BCUT2D eigenvalue weighted by Gasteiger charge is 2.34. The molecule has 11 heteroatoms. The van der Waals surface area contributed by atoms with Gasteiger partial charge in [-0.2, -0.15) is 5.10 Å². The summed E-state index contributed by atoms with van der Waals surface area (Å²) in [7, 11) is 0. The van der Waals surface area contributed by atoms with Crippen LogP contribution in [0.1, 0.15) is 56.1 Å². The Labute approximate surface area is 243 Å². The number of halogens is 1. The summed E-state index contributed by atoms with van der Waals surface area (Å²) in [6.45, 7) is 1.52. The van der Waals surface area contributed by atoms with Gasteiger partial charge >= 0.3 is 18.0 Å². The Morgan fingerprint density at radius 3 is 2.68 bits per heavy atom. The average Bonchev–Trinajstić information content (AvgIpc) is 3.46. The molecule has 1 unspecified atom stereocenters. The molecule has 2 aromatic carbocycles. The number of hydrogen-bond acceptors (Lipinski definition) is 5. The van der Waals surface area contributed by atoms with Crippen LogP contribution in [0.15, 0.2) is 42.6 Å². The lowest BCUT2D eigenvalue weighted by molar-refractivity contribution is -0.152. The maximum atomic E-state index is 13.4. The monoisotopic (exact) mass is 578 g/mol. The number of rotatable bonds is 6. The summed E-state index contributed by atoms with van der Waals surface area (Å²) in [5.41, 5.74) is 3.48. The number of nitrogens with one attached hydrogen (secondary N) is 3. The molecular weight excluding hydrogens is 544 g/mol. The molecule has 10 nitrogen and oxygen atoms in total. The molecule has 1 atom stereocenters. The van der Waals surface area contributed by atoms with Crippen LogP contribution >= 0.6 is 11.6 Å². The van der Waals surface area contributed by atoms with Crippen molar-refractivity contribution >= 4 is 46.2 Å². The Balaban J connectivity index is 1.11. The Hall–Kier alpha value is -3.79. The molecule has 1 aliphatic carbocycles. The molecule has 6 rings (SSSR count). The largest absolute Gasteiger partial charge is 0.461 e. The third kappa shape index (κ3) is 6.12. The van der Waals surface area contributed by atoms with E-state index in [9.17, 15) is 14.4 Å². The second-order valence-corrected chi connectivity index (χ2v) is 11.7. The van der Waals surface area contributed by atoms with Gasteiger partial charge in [-0.05, 0) is 67.9 Å². The lowest BCUT2D eigenvalue weighted by Crippen LogP contribution is -2.55. The van der Waals surface area contributed by atoms with E-state index in [-0.39, 0.29) is 30.6 Å². The number of fused-ring (bicyclic) bond motifs is 2. The quantitative estimate of drug-likeness (QED) is 0.346. The maximum Gasteiger partial charge on any atom is 0.329 e. The van der Waals surface area contributed by atoms with Crippen molar-refractivity contribution in [2.75, 3.05) is 18.4 Å². The van der Waals surface area contributed by atoms with E-state index < -0.39 is 12.0 Å². The normalized spacial score (nSPS) is 19.0. The Bertz CT molecular complexity index is 1430. The first-order valence-corrected chi connectivity index (χ1v) is 14.9. The number of aromatic nitrogens is 2. The number of benzene rings is 2. The number of amides is 4. The van der Waals surface area contributed by atoms with E-state index in [0.717, 1.165) is 59.8 Å². The van der Waals surface area contributed by atoms with Crippen LogP contribution in [-0.4, -0.2) is 69.3 Å². The lowest BCUT2D eigenvalue weighted by atomic mass is 9.97. The van der Waals surface area contributed by atoms with Gasteiger partial charge < -0.3 is 25.2 Å². The second kappa shape index (κ2) is 12.0. The number of H-pyrrole nitrogens is 1. The molecule has 3 N–H and O–H groups in total. The first kappa shape index (κ1) is 27.4. The number of nitrogens with zero attached hydrogens (tertiary/aromatic N) is 3. The van der Waals surface area contributed by atoms with Crippen LogP contribution in [0.25, 0.3) is 10.9 Å². The summed E-state index contributed by atoms with van der Waals surface area (Å²) in [6.07, 6.45) is 8.06. The van der Waals surface area contributed by atoms with Crippen LogP contribution in [0.2, 0.25) is 5.02 Å². The third-order valence-corrected chi connectivity index (χ3v) is 8.77. The zero-order valence-electron chi connectivity index (χ0n) is 22.9. The number of aromatic amines is 1. The van der Waals surface area contributed by atoms with Crippen molar-refractivity contribution in [2.45, 2.75) is 76.1 Å². The van der Waals surface area contributed by atoms with Crippen molar-refractivity contribution in [3.05, 3.63) is 58.7 Å². The number of carbonyl (C=O) groups excluding carboxylic acids is 3. The van der Waals surface area contributed by atoms with Gasteiger partial charge in [0.05, 0.1) is 16.7 Å².